The molecule has 0 spiro atoms. The number of Topliss-reactive ketones (excluding diaryl/α,β-unsaturated/α-hetero) is 1. The van der Waals surface area contributed by atoms with Crippen molar-refractivity contribution in [3.8, 4) is 0 Å². The number of nitrogens with one attached hydrogen (secondary N) is 1. The minimum atomic E-state index is -2.13. The van der Waals surface area contributed by atoms with E-state index in [1.807, 2.05) is 0 Å². The van der Waals surface area contributed by atoms with Gasteiger partial charge >= 0.3 is 24.0 Å². The van der Waals surface area contributed by atoms with Gasteiger partial charge in [-0.25, -0.2) is 9.59 Å². The summed E-state index contributed by atoms with van der Waals surface area (Å²) in [5, 5.41) is 16.5. The lowest BCUT2D eigenvalue weighted by molar-refractivity contribution is -0.347. The second-order valence-electron chi connectivity index (χ2n) is 17.9. The maximum Gasteiger partial charge on any atom is 0.408 e. The Balaban J connectivity index is 1.50. The number of aliphatic hydroxyl groups is 1. The molecule has 14 heteroatoms. The maximum atomic E-state index is 15.5. The molecule has 2 N–H and O–H groups in total. The van der Waals surface area contributed by atoms with Crippen molar-refractivity contribution in [2.24, 2.45) is 16.7 Å². The van der Waals surface area contributed by atoms with E-state index < -0.39 is 99.9 Å². The number of fused-ring (bicyclic) bond motifs is 5. The highest BCUT2D eigenvalue weighted by Crippen LogP contribution is 2.64. The van der Waals surface area contributed by atoms with Gasteiger partial charge in [0.15, 0.2) is 11.4 Å². The van der Waals surface area contributed by atoms with Gasteiger partial charge in [-0.15, -0.1) is 0 Å². The van der Waals surface area contributed by atoms with Crippen LogP contribution in [0.4, 0.5) is 4.79 Å². The summed E-state index contributed by atoms with van der Waals surface area (Å²) in [6.07, 6.45) is -6.94. The van der Waals surface area contributed by atoms with E-state index in [2.05, 4.69) is 5.32 Å². The highest BCUT2D eigenvalue weighted by atomic mass is 16.6. The second kappa shape index (κ2) is 16.1. The van der Waals surface area contributed by atoms with Crippen molar-refractivity contribution in [3.05, 3.63) is 82.9 Å². The van der Waals surface area contributed by atoms with Gasteiger partial charge in [0.1, 0.15) is 35.6 Å². The van der Waals surface area contributed by atoms with Gasteiger partial charge in [-0.3, -0.25) is 14.4 Å². The Morgan fingerprint density at radius 1 is 0.949 bits per heavy atom. The summed E-state index contributed by atoms with van der Waals surface area (Å²) in [4.78, 5) is 70.0. The van der Waals surface area contributed by atoms with E-state index in [0.717, 1.165) is 0 Å². The number of esters is 3. The summed E-state index contributed by atoms with van der Waals surface area (Å²) >= 11 is 0. The lowest BCUT2D eigenvalue weighted by Crippen LogP contribution is -2.82. The van der Waals surface area contributed by atoms with Crippen LogP contribution in [0.25, 0.3) is 0 Å². The zero-order valence-electron chi connectivity index (χ0n) is 35.5. The number of carbonyl (C=O) groups excluding carboxylic acids is 5. The molecule has 59 heavy (non-hydrogen) atoms. The molecule has 0 radical (unpaired) electrons. The normalized spacial score (nSPS) is 32.8. The standard InChI is InChI=1S/C45H57NO13/c1-25-30(56-33(48)21-29(27-17-13-11-14-18-27)46-40(51)59-41(3,4)5)23-45(52)38(57-39(50)28-19-15-12-16-20-28)36-43(8,37(49)35(54-10)34(25)42(45,6)7)31(53-9)22-32-44(36,24-55-32)58-26(2)47/h11-20,29-32,35-36,38,52H,21-24H2,1-10H3,(H,46,51)/t29-,30+,31+,32-,35-,36+,38+,43?,44+,45-/m1/s1. The molecule has 3 aliphatic carbocycles. The second-order valence-corrected chi connectivity index (χ2v) is 17.9. The van der Waals surface area contributed by atoms with E-state index in [1.54, 1.807) is 109 Å². The molecule has 1 aliphatic heterocycles. The van der Waals surface area contributed by atoms with Crippen LogP contribution < -0.4 is 5.32 Å². The first kappa shape index (κ1) is 43.9. The molecule has 320 valence electrons. The number of benzene rings is 2. The Kier molecular flexibility index (Phi) is 12.0. The average molecular weight is 820 g/mol. The van der Waals surface area contributed by atoms with Crippen molar-refractivity contribution in [2.45, 2.75) is 128 Å². The van der Waals surface area contributed by atoms with Crippen LogP contribution in [0.5, 0.6) is 0 Å². The number of ether oxygens (including phenoxy) is 7. The minimum Gasteiger partial charge on any atom is -0.458 e. The minimum absolute atomic E-state index is 0.151. The third-order valence-corrected chi connectivity index (χ3v) is 12.9. The summed E-state index contributed by atoms with van der Waals surface area (Å²) in [6.45, 7) is 13.1. The summed E-state index contributed by atoms with van der Waals surface area (Å²) in [7, 11) is 2.85. The van der Waals surface area contributed by atoms with Gasteiger partial charge in [0.2, 0.25) is 0 Å². The molecular weight excluding hydrogens is 762 g/mol. The van der Waals surface area contributed by atoms with E-state index in [-0.39, 0.29) is 31.4 Å². The van der Waals surface area contributed by atoms with Crippen molar-refractivity contribution in [1.82, 2.24) is 5.32 Å². The molecule has 4 aliphatic rings. The van der Waals surface area contributed by atoms with Crippen molar-refractivity contribution in [2.75, 3.05) is 20.8 Å². The molecular formula is C45H57NO13. The Hall–Kier alpha value is -4.63. The molecule has 1 amide bonds. The van der Waals surface area contributed by atoms with Crippen molar-refractivity contribution < 1.29 is 62.2 Å². The number of rotatable bonds is 10. The van der Waals surface area contributed by atoms with Gasteiger partial charge in [0, 0.05) is 39.4 Å². The number of hydrogen-bond donors (Lipinski definition) is 2. The van der Waals surface area contributed by atoms with E-state index in [1.165, 1.54) is 21.1 Å². The van der Waals surface area contributed by atoms with Gasteiger partial charge in [-0.1, -0.05) is 62.4 Å². The fourth-order valence-corrected chi connectivity index (χ4v) is 10.0. The number of hydrogen-bond acceptors (Lipinski definition) is 13. The first-order valence-corrected chi connectivity index (χ1v) is 20.0. The van der Waals surface area contributed by atoms with E-state index in [4.69, 9.17) is 33.2 Å². The van der Waals surface area contributed by atoms with Crippen LogP contribution in [0.15, 0.2) is 71.8 Å². The fraction of sp³-hybridized carbons (Fsp3) is 0.578. The predicted octanol–water partition coefficient (Wildman–Crippen LogP) is 5.60. The number of amides is 1. The van der Waals surface area contributed by atoms with Crippen molar-refractivity contribution in [1.29, 1.82) is 0 Å². The maximum absolute atomic E-state index is 15.5. The van der Waals surface area contributed by atoms with Crippen molar-refractivity contribution >= 4 is 29.8 Å². The molecule has 2 bridgehead atoms. The van der Waals surface area contributed by atoms with Gasteiger partial charge in [-0.05, 0) is 63.5 Å². The average Bonchev–Trinajstić information content (AvgIpc) is 3.16. The molecule has 6 rings (SSSR count). The SMILES string of the molecule is CO[C@H]1C(=O)C2(C)[C@@H](OC)C[C@H]3OC[C@@]3(OC(C)=O)[C@H]2[C@H](OC(=O)c2ccccc2)[C@]2(O)C[C@H](OC(=O)C[C@@H](NC(=O)OC(C)(C)C)c3ccccc3)C(C)=C1C2(C)C. The number of ketones is 1. The quantitative estimate of drug-likeness (QED) is 0.172. The molecule has 14 nitrogen and oxygen atoms in total. The van der Waals surface area contributed by atoms with Gasteiger partial charge in [-0.2, -0.15) is 0 Å². The van der Waals surface area contributed by atoms with Gasteiger partial charge in [0.05, 0.1) is 42.1 Å². The van der Waals surface area contributed by atoms with Crippen LogP contribution in [-0.2, 0) is 47.5 Å². The molecule has 3 fully saturated rings. The molecule has 1 saturated heterocycles. The summed E-state index contributed by atoms with van der Waals surface area (Å²) in [5.41, 5.74) is -5.89. The summed E-state index contributed by atoms with van der Waals surface area (Å²) in [6, 6.07) is 16.2. The molecule has 1 heterocycles. The zero-order chi connectivity index (χ0) is 43.3. The highest BCUT2D eigenvalue weighted by Gasteiger charge is 2.78. The van der Waals surface area contributed by atoms with Crippen LogP contribution in [0.1, 0.15) is 96.6 Å². The Morgan fingerprint density at radius 3 is 2.12 bits per heavy atom. The molecule has 10 atom stereocenters. The Bertz CT molecular complexity index is 1980. The third-order valence-electron chi connectivity index (χ3n) is 12.9. The smallest absolute Gasteiger partial charge is 0.408 e. The van der Waals surface area contributed by atoms with Crippen LogP contribution in [0.2, 0.25) is 0 Å². The summed E-state index contributed by atoms with van der Waals surface area (Å²) < 4.78 is 42.7. The van der Waals surface area contributed by atoms with E-state index in [9.17, 15) is 24.3 Å². The summed E-state index contributed by atoms with van der Waals surface area (Å²) in [5.74, 6) is -3.91. The molecule has 1 unspecified atom stereocenters. The van der Waals surface area contributed by atoms with Gasteiger partial charge in [0.25, 0.3) is 0 Å². The topological polar surface area (TPSA) is 182 Å². The highest BCUT2D eigenvalue weighted by molar-refractivity contribution is 5.94. The zero-order valence-corrected chi connectivity index (χ0v) is 35.5. The number of methoxy groups -OCH3 is 2. The molecule has 2 saturated carbocycles. The van der Waals surface area contributed by atoms with E-state index in [0.29, 0.717) is 16.7 Å². The lowest BCUT2D eigenvalue weighted by atomic mass is 9.44. The van der Waals surface area contributed by atoms with Crippen LogP contribution in [0.3, 0.4) is 0 Å². The van der Waals surface area contributed by atoms with Crippen molar-refractivity contribution in [3.63, 3.8) is 0 Å². The largest absolute Gasteiger partial charge is 0.458 e. The first-order chi connectivity index (χ1) is 27.6. The Labute approximate surface area is 345 Å². The fourth-order valence-electron chi connectivity index (χ4n) is 10.0. The van der Waals surface area contributed by atoms with Crippen LogP contribution >= 0.6 is 0 Å². The predicted molar refractivity (Wildman–Crippen MR) is 212 cm³/mol. The molecule has 0 aromatic heterocycles. The number of alkyl carbamates (subject to hydrolysis) is 1. The first-order valence-electron chi connectivity index (χ1n) is 20.0. The third kappa shape index (κ3) is 7.69. The van der Waals surface area contributed by atoms with Crippen LogP contribution in [-0.4, -0.2) is 103 Å². The molecule has 2 aromatic rings. The lowest BCUT2D eigenvalue weighted by Gasteiger charge is -2.67. The Morgan fingerprint density at radius 2 is 1.58 bits per heavy atom. The monoisotopic (exact) mass is 819 g/mol. The number of carbonyl (C=O) groups is 5. The van der Waals surface area contributed by atoms with E-state index >= 15 is 4.79 Å². The molecule has 2 aromatic carbocycles. The van der Waals surface area contributed by atoms with Gasteiger partial charge < -0.3 is 43.6 Å². The van der Waals surface area contributed by atoms with Crippen LogP contribution in [0, 0.1) is 16.7 Å².